The lowest BCUT2D eigenvalue weighted by Crippen LogP contribution is -2.00. The first-order valence-corrected chi connectivity index (χ1v) is 7.23. The summed E-state index contributed by atoms with van der Waals surface area (Å²) in [5.74, 6) is 0.680. The molecule has 0 aliphatic heterocycles. The van der Waals surface area contributed by atoms with Crippen molar-refractivity contribution in [1.82, 2.24) is 0 Å². The normalized spacial score (nSPS) is 10.6. The summed E-state index contributed by atoms with van der Waals surface area (Å²) >= 11 is 0. The van der Waals surface area contributed by atoms with Crippen LogP contribution in [-0.2, 0) is 14.3 Å². The van der Waals surface area contributed by atoms with Crippen LogP contribution in [-0.4, -0.2) is 25.3 Å². The van der Waals surface area contributed by atoms with E-state index in [-0.39, 0.29) is 0 Å². The van der Waals surface area contributed by atoms with Gasteiger partial charge < -0.3 is 4.74 Å². The lowest BCUT2D eigenvalue weighted by Gasteiger charge is -2.02. The van der Waals surface area contributed by atoms with Crippen LogP contribution in [0.1, 0.15) is 71.1 Å². The number of ether oxygens (including phenoxy) is 1. The fraction of sp³-hybridized carbons (Fsp3) is 0.867. The first-order valence-electron chi connectivity index (χ1n) is 7.23. The predicted octanol–water partition coefficient (Wildman–Crippen LogP) is 3.69. The Kier molecular flexibility index (Phi) is 12.3. The van der Waals surface area contributed by atoms with E-state index in [4.69, 9.17) is 4.74 Å². The highest BCUT2D eigenvalue weighted by molar-refractivity contribution is 5.79. The minimum absolute atomic E-state index is 0.338. The molecule has 3 heteroatoms. The number of carbonyl (C=O) groups is 2. The summed E-state index contributed by atoms with van der Waals surface area (Å²) < 4.78 is 4.95. The molecule has 0 N–H and O–H groups in total. The molecule has 0 heterocycles. The Labute approximate surface area is 111 Å². The fourth-order valence-electron chi connectivity index (χ4n) is 1.92. The highest BCUT2D eigenvalue weighted by Gasteiger charge is 2.04. The van der Waals surface area contributed by atoms with Crippen molar-refractivity contribution in [1.29, 1.82) is 0 Å². The van der Waals surface area contributed by atoms with Gasteiger partial charge in [-0.1, -0.05) is 13.3 Å². The van der Waals surface area contributed by atoms with Crippen molar-refractivity contribution in [2.75, 3.05) is 13.7 Å². The van der Waals surface area contributed by atoms with E-state index >= 15 is 0 Å². The van der Waals surface area contributed by atoms with Gasteiger partial charge in [0.1, 0.15) is 11.6 Å². The smallest absolute Gasteiger partial charge is 0.132 e. The molecule has 3 nitrogen and oxygen atoms in total. The largest absolute Gasteiger partial charge is 0.385 e. The van der Waals surface area contributed by atoms with E-state index in [1.807, 2.05) is 6.92 Å². The zero-order valence-corrected chi connectivity index (χ0v) is 12.0. The van der Waals surface area contributed by atoms with Crippen molar-refractivity contribution in [3.05, 3.63) is 0 Å². The molecule has 0 aromatic carbocycles. The number of methoxy groups -OCH3 is 1. The summed E-state index contributed by atoms with van der Waals surface area (Å²) in [5.41, 5.74) is 0. The average Bonchev–Trinajstić information content (AvgIpc) is 2.35. The standard InChI is InChI=1S/C15H28O3/c1-3-9-14(16)11-6-7-12-15(17)10-5-4-8-13-18-2/h3-13H2,1-2H3. The van der Waals surface area contributed by atoms with Crippen molar-refractivity contribution >= 4 is 11.6 Å². The topological polar surface area (TPSA) is 43.4 Å². The maximum Gasteiger partial charge on any atom is 0.132 e. The van der Waals surface area contributed by atoms with Crippen LogP contribution >= 0.6 is 0 Å². The van der Waals surface area contributed by atoms with E-state index in [1.54, 1.807) is 7.11 Å². The quantitative estimate of drug-likeness (QED) is 0.472. The molecule has 0 aromatic heterocycles. The van der Waals surface area contributed by atoms with Crippen LogP contribution in [0.25, 0.3) is 0 Å². The molecule has 0 spiro atoms. The van der Waals surface area contributed by atoms with Gasteiger partial charge in [-0.05, 0) is 32.1 Å². The van der Waals surface area contributed by atoms with E-state index < -0.39 is 0 Å². The van der Waals surface area contributed by atoms with Crippen molar-refractivity contribution in [2.24, 2.45) is 0 Å². The van der Waals surface area contributed by atoms with Gasteiger partial charge in [0, 0.05) is 39.4 Å². The Hall–Kier alpha value is -0.700. The minimum atomic E-state index is 0.338. The van der Waals surface area contributed by atoms with E-state index in [9.17, 15) is 9.59 Å². The summed E-state index contributed by atoms with van der Waals surface area (Å²) in [6.45, 7) is 2.80. The lowest BCUT2D eigenvalue weighted by molar-refractivity contribution is -0.121. The van der Waals surface area contributed by atoms with Crippen LogP contribution < -0.4 is 0 Å². The molecule has 106 valence electrons. The third-order valence-electron chi connectivity index (χ3n) is 2.99. The maximum atomic E-state index is 11.5. The second-order valence-electron chi connectivity index (χ2n) is 4.84. The van der Waals surface area contributed by atoms with Gasteiger partial charge in [-0.2, -0.15) is 0 Å². The third kappa shape index (κ3) is 11.8. The molecule has 0 radical (unpaired) electrons. The van der Waals surface area contributed by atoms with E-state index in [1.165, 1.54) is 0 Å². The molecule has 0 bridgehead atoms. The molecule has 0 atom stereocenters. The molecular weight excluding hydrogens is 228 g/mol. The summed E-state index contributed by atoms with van der Waals surface area (Å²) in [7, 11) is 1.70. The van der Waals surface area contributed by atoms with Gasteiger partial charge in [0.15, 0.2) is 0 Å². The van der Waals surface area contributed by atoms with Gasteiger partial charge in [-0.15, -0.1) is 0 Å². The van der Waals surface area contributed by atoms with Crippen molar-refractivity contribution < 1.29 is 14.3 Å². The Bertz CT molecular complexity index is 224. The summed E-state index contributed by atoms with van der Waals surface area (Å²) in [6, 6.07) is 0. The monoisotopic (exact) mass is 256 g/mol. The van der Waals surface area contributed by atoms with E-state index in [0.29, 0.717) is 37.2 Å². The molecule has 0 aliphatic rings. The molecular formula is C15H28O3. The van der Waals surface area contributed by atoms with Crippen LogP contribution in [0.3, 0.4) is 0 Å². The molecule has 0 saturated heterocycles. The van der Waals surface area contributed by atoms with Gasteiger partial charge in [-0.3, -0.25) is 9.59 Å². The van der Waals surface area contributed by atoms with Gasteiger partial charge >= 0.3 is 0 Å². The molecule has 0 aliphatic carbocycles. The number of unbranched alkanes of at least 4 members (excludes halogenated alkanes) is 3. The Morgan fingerprint density at radius 1 is 0.778 bits per heavy atom. The van der Waals surface area contributed by atoms with Crippen molar-refractivity contribution in [3.63, 3.8) is 0 Å². The highest BCUT2D eigenvalue weighted by Crippen LogP contribution is 2.08. The summed E-state index contributed by atoms with van der Waals surface area (Å²) in [4.78, 5) is 22.8. The highest BCUT2D eigenvalue weighted by atomic mass is 16.5. The third-order valence-corrected chi connectivity index (χ3v) is 2.99. The predicted molar refractivity (Wildman–Crippen MR) is 73.7 cm³/mol. The fourth-order valence-corrected chi connectivity index (χ4v) is 1.92. The number of Topliss-reactive ketones (excluding diaryl/α,β-unsaturated/α-hetero) is 2. The van der Waals surface area contributed by atoms with Crippen molar-refractivity contribution in [2.45, 2.75) is 71.1 Å². The lowest BCUT2D eigenvalue weighted by atomic mass is 10.0. The molecule has 0 unspecified atom stereocenters. The van der Waals surface area contributed by atoms with Gasteiger partial charge in [0.25, 0.3) is 0 Å². The molecule has 0 saturated carbocycles. The van der Waals surface area contributed by atoms with Gasteiger partial charge in [0.05, 0.1) is 0 Å². The van der Waals surface area contributed by atoms with E-state index in [2.05, 4.69) is 0 Å². The number of rotatable bonds is 13. The molecule has 0 rings (SSSR count). The number of carbonyl (C=O) groups excluding carboxylic acids is 2. The maximum absolute atomic E-state index is 11.5. The second-order valence-corrected chi connectivity index (χ2v) is 4.84. The van der Waals surface area contributed by atoms with Gasteiger partial charge in [-0.25, -0.2) is 0 Å². The first-order chi connectivity index (χ1) is 8.70. The Morgan fingerprint density at radius 3 is 1.78 bits per heavy atom. The van der Waals surface area contributed by atoms with Crippen LogP contribution in [0.5, 0.6) is 0 Å². The van der Waals surface area contributed by atoms with E-state index in [0.717, 1.165) is 45.1 Å². The van der Waals surface area contributed by atoms with Gasteiger partial charge in [0.2, 0.25) is 0 Å². The Morgan fingerprint density at radius 2 is 1.28 bits per heavy atom. The van der Waals surface area contributed by atoms with Crippen molar-refractivity contribution in [3.8, 4) is 0 Å². The Balaban J connectivity index is 3.29. The SMILES string of the molecule is CCCC(=O)CCCCC(=O)CCCCCOC. The zero-order valence-electron chi connectivity index (χ0n) is 12.0. The summed E-state index contributed by atoms with van der Waals surface area (Å²) in [6.07, 6.45) is 8.40. The number of hydrogen-bond donors (Lipinski definition) is 0. The summed E-state index contributed by atoms with van der Waals surface area (Å²) in [5, 5.41) is 0. The second kappa shape index (κ2) is 12.7. The van der Waals surface area contributed by atoms with Crippen LogP contribution in [0.15, 0.2) is 0 Å². The number of hydrogen-bond acceptors (Lipinski definition) is 3. The van der Waals surface area contributed by atoms with Crippen LogP contribution in [0, 0.1) is 0 Å². The van der Waals surface area contributed by atoms with Crippen LogP contribution in [0.4, 0.5) is 0 Å². The van der Waals surface area contributed by atoms with Crippen LogP contribution in [0.2, 0.25) is 0 Å². The molecule has 18 heavy (non-hydrogen) atoms. The average molecular weight is 256 g/mol. The zero-order chi connectivity index (χ0) is 13.6. The number of ketones is 2. The first kappa shape index (κ1) is 17.3. The minimum Gasteiger partial charge on any atom is -0.385 e. The molecule has 0 aromatic rings. The molecule has 0 amide bonds. The molecule has 0 fully saturated rings.